The van der Waals surface area contributed by atoms with Crippen LogP contribution in [-0.4, -0.2) is 23.7 Å². The quantitative estimate of drug-likeness (QED) is 0.144. The Hall–Kier alpha value is -13.2. The lowest BCUT2D eigenvalue weighted by Gasteiger charge is -2.21. The molecule has 0 spiro atoms. The molecule has 5 heteroatoms. The average molecular weight is 1380 g/mol. The van der Waals surface area contributed by atoms with E-state index in [0.29, 0.717) is 5.82 Å². The molecule has 0 saturated heterocycles. The molecule has 0 fully saturated rings. The van der Waals surface area contributed by atoms with Crippen molar-refractivity contribution >= 4 is 65.4 Å². The van der Waals surface area contributed by atoms with Crippen LogP contribution in [0, 0.1) is 0 Å². The highest BCUT2D eigenvalue weighted by atomic mass is 15.0. The van der Waals surface area contributed by atoms with Gasteiger partial charge >= 0.3 is 0 Å². The highest BCUT2D eigenvalue weighted by molar-refractivity contribution is 6.13. The minimum atomic E-state index is -0.0714. The Balaban J connectivity index is 0.687. The van der Waals surface area contributed by atoms with E-state index in [4.69, 9.17) is 9.97 Å². The summed E-state index contributed by atoms with van der Waals surface area (Å²) in [6.45, 7) is 14.1. The van der Waals surface area contributed by atoms with Gasteiger partial charge in [0.05, 0.1) is 44.5 Å². The fraction of sp³-hybridized carbons (Fsp3) is 0.0874. The van der Waals surface area contributed by atoms with Gasteiger partial charge in [-0.05, 0) is 209 Å². The first-order chi connectivity index (χ1) is 52.8. The van der Waals surface area contributed by atoms with Crippen LogP contribution in [0.2, 0.25) is 0 Å². The molecular weight excluding hydrogens is 1310 g/mol. The molecule has 510 valence electrons. The second-order valence-electron chi connectivity index (χ2n) is 31.7. The van der Waals surface area contributed by atoms with Crippen LogP contribution in [0.3, 0.4) is 0 Å². The van der Waals surface area contributed by atoms with Gasteiger partial charge in [-0.1, -0.05) is 266 Å². The summed E-state index contributed by atoms with van der Waals surface area (Å²) in [5.74, 6) is 0.638. The molecule has 4 aromatic heterocycles. The summed E-state index contributed by atoms with van der Waals surface area (Å²) in [5, 5.41) is 7.25. The summed E-state index contributed by atoms with van der Waals surface area (Å²) in [6, 6.07) is 124. The molecule has 0 radical (unpaired) electrons. The highest BCUT2D eigenvalue weighted by Gasteiger charge is 2.38. The van der Waals surface area contributed by atoms with Crippen molar-refractivity contribution in [1.29, 1.82) is 0 Å². The lowest BCUT2D eigenvalue weighted by molar-refractivity contribution is 0.660. The van der Waals surface area contributed by atoms with E-state index in [1.807, 2.05) is 0 Å². The van der Waals surface area contributed by atoms with Gasteiger partial charge in [0.25, 0.3) is 0 Å². The predicted molar refractivity (Wildman–Crippen MR) is 450 cm³/mol. The lowest BCUT2D eigenvalue weighted by atomic mass is 9.82. The SMILES string of the molecule is CC1(C)c2ccccc2-c2cc(-c3ccc4c5ccccc5n(-c5ccc(-c6nc(-c7cccc(-n8c9ccccc9c9ccc(-c%10ccc%11c(c%10)-c%10ccccc%10C%11(C)C)cc98)c7)cc(-c7cccc(-n8c9ccccc9c9ccc(-c%10ccc%11c(c%10)-c%10ccccc%10C%11(C)C)cc98)c7)n6)cc5)c4c3)ccc21. The topological polar surface area (TPSA) is 40.6 Å². The van der Waals surface area contributed by atoms with Gasteiger partial charge in [-0.2, -0.15) is 0 Å². The van der Waals surface area contributed by atoms with Gasteiger partial charge in [0, 0.05) is 82.3 Å². The van der Waals surface area contributed by atoms with Crippen LogP contribution in [0.1, 0.15) is 74.9 Å². The van der Waals surface area contributed by atoms with Crippen LogP contribution >= 0.6 is 0 Å². The molecule has 5 nitrogen and oxygen atoms in total. The standard InChI is InChI=1S/C103H73N5/c1-101(2)86-31-13-7-25-74(86)83-55-63(42-50-89(83)101)66-39-47-80-77-28-10-16-34-94(77)106(97(80)58-66)71-45-37-62(38-46-71)100-104-92(69-21-19-23-72(53-69)107-95-35-17-11-29-78(95)81-48-40-67(59-98(81)107)64-43-51-90-84(56-64)75-26-8-14-32-87(75)102(90,3)4)61-93(105-100)70-22-20-24-73(54-70)108-96-36-18-12-30-79(96)82-49-41-68(60-99(82)108)65-44-52-91-85(57-65)76-27-9-15-33-88(76)103(91,5)6/h7-61H,1-6H3. The molecule has 0 bridgehead atoms. The Morgan fingerprint density at radius 3 is 0.870 bits per heavy atom. The van der Waals surface area contributed by atoms with Gasteiger partial charge in [0.2, 0.25) is 0 Å². The smallest absolute Gasteiger partial charge is 0.160 e. The van der Waals surface area contributed by atoms with Crippen LogP contribution in [0.5, 0.6) is 0 Å². The van der Waals surface area contributed by atoms with Crippen LogP contribution in [0.4, 0.5) is 0 Å². The van der Waals surface area contributed by atoms with Gasteiger partial charge in [0.15, 0.2) is 5.82 Å². The number of hydrogen-bond acceptors (Lipinski definition) is 2. The van der Waals surface area contributed by atoms with E-state index in [1.54, 1.807) is 0 Å². The number of nitrogens with zero attached hydrogens (tertiary/aromatic N) is 5. The number of hydrogen-bond donors (Lipinski definition) is 0. The molecular formula is C103H73N5. The highest BCUT2D eigenvalue weighted by Crippen LogP contribution is 2.54. The van der Waals surface area contributed by atoms with Crippen LogP contribution in [0.15, 0.2) is 334 Å². The van der Waals surface area contributed by atoms with Crippen molar-refractivity contribution in [1.82, 2.24) is 23.7 Å². The second kappa shape index (κ2) is 22.9. The molecule has 19 aromatic rings. The van der Waals surface area contributed by atoms with Crippen molar-refractivity contribution in [2.45, 2.75) is 57.8 Å². The predicted octanol–water partition coefficient (Wildman–Crippen LogP) is 26.7. The molecule has 15 aromatic carbocycles. The minimum absolute atomic E-state index is 0.0643. The summed E-state index contributed by atoms with van der Waals surface area (Å²) in [7, 11) is 0. The molecule has 108 heavy (non-hydrogen) atoms. The number of para-hydroxylation sites is 3. The molecule has 0 amide bonds. The van der Waals surface area contributed by atoms with Gasteiger partial charge in [0.1, 0.15) is 0 Å². The number of aromatic nitrogens is 5. The third-order valence-corrected chi connectivity index (χ3v) is 24.7. The maximum atomic E-state index is 5.64. The fourth-order valence-corrected chi connectivity index (χ4v) is 19.2. The van der Waals surface area contributed by atoms with E-state index in [9.17, 15) is 0 Å². The molecule has 0 N–H and O–H groups in total. The number of rotatable bonds is 9. The molecule has 0 aliphatic heterocycles. The Bertz CT molecular complexity index is 6800. The van der Waals surface area contributed by atoms with Gasteiger partial charge < -0.3 is 13.7 Å². The van der Waals surface area contributed by atoms with Gasteiger partial charge in [-0.25, -0.2) is 9.97 Å². The van der Waals surface area contributed by atoms with Crippen LogP contribution < -0.4 is 0 Å². The van der Waals surface area contributed by atoms with E-state index in [1.165, 1.54) is 132 Å². The molecule has 0 saturated carbocycles. The monoisotopic (exact) mass is 1380 g/mol. The first-order valence-corrected chi connectivity index (χ1v) is 37.8. The summed E-state index contributed by atoms with van der Waals surface area (Å²) >= 11 is 0. The largest absolute Gasteiger partial charge is 0.309 e. The van der Waals surface area contributed by atoms with Gasteiger partial charge in [-0.3, -0.25) is 0 Å². The lowest BCUT2D eigenvalue weighted by Crippen LogP contribution is -2.14. The Morgan fingerprint density at radius 1 is 0.194 bits per heavy atom. The summed E-state index contributed by atoms with van der Waals surface area (Å²) < 4.78 is 7.31. The van der Waals surface area contributed by atoms with Crippen LogP contribution in [-0.2, 0) is 16.2 Å². The van der Waals surface area contributed by atoms with E-state index in [-0.39, 0.29) is 16.2 Å². The van der Waals surface area contributed by atoms with E-state index < -0.39 is 0 Å². The molecule has 22 rings (SSSR count). The zero-order chi connectivity index (χ0) is 72.1. The number of benzene rings is 15. The van der Waals surface area contributed by atoms with E-state index in [0.717, 1.165) is 78.2 Å². The van der Waals surface area contributed by atoms with E-state index >= 15 is 0 Å². The Labute approximate surface area is 627 Å². The summed E-state index contributed by atoms with van der Waals surface area (Å²) in [5.41, 5.74) is 37.7. The Morgan fingerprint density at radius 2 is 0.491 bits per heavy atom. The molecule has 4 heterocycles. The van der Waals surface area contributed by atoms with Crippen molar-refractivity contribution in [3.63, 3.8) is 0 Å². The first-order valence-electron chi connectivity index (χ1n) is 37.8. The first kappa shape index (κ1) is 62.2. The maximum Gasteiger partial charge on any atom is 0.160 e. The third-order valence-electron chi connectivity index (χ3n) is 24.7. The summed E-state index contributed by atoms with van der Waals surface area (Å²) in [6.07, 6.45) is 0. The second-order valence-corrected chi connectivity index (χ2v) is 31.7. The van der Waals surface area contributed by atoms with E-state index in [2.05, 4.69) is 389 Å². The van der Waals surface area contributed by atoms with Crippen LogP contribution in [0.25, 0.3) is 183 Å². The van der Waals surface area contributed by atoms with Gasteiger partial charge in [-0.15, -0.1) is 0 Å². The normalized spacial score (nSPS) is 14.1. The molecule has 3 aliphatic rings. The third kappa shape index (κ3) is 9.12. The van der Waals surface area contributed by atoms with Crippen molar-refractivity contribution in [3.8, 4) is 118 Å². The van der Waals surface area contributed by atoms with Crippen molar-refractivity contribution in [3.05, 3.63) is 367 Å². The van der Waals surface area contributed by atoms with Crippen molar-refractivity contribution < 1.29 is 0 Å². The minimum Gasteiger partial charge on any atom is -0.309 e. The zero-order valence-corrected chi connectivity index (χ0v) is 61.0. The number of fused-ring (bicyclic) bond motifs is 18. The molecule has 0 atom stereocenters. The average Bonchev–Trinajstić information content (AvgIpc) is 1.59. The molecule has 3 aliphatic carbocycles. The van der Waals surface area contributed by atoms with Crippen molar-refractivity contribution in [2.75, 3.05) is 0 Å². The van der Waals surface area contributed by atoms with Crippen molar-refractivity contribution in [2.24, 2.45) is 0 Å². The fourth-order valence-electron chi connectivity index (χ4n) is 19.2. The Kier molecular flexibility index (Phi) is 13.2. The molecule has 0 unspecified atom stereocenters. The summed E-state index contributed by atoms with van der Waals surface area (Å²) in [4.78, 5) is 11.3. The maximum absolute atomic E-state index is 5.64. The zero-order valence-electron chi connectivity index (χ0n) is 61.0.